The summed E-state index contributed by atoms with van der Waals surface area (Å²) < 4.78 is 5.09. The van der Waals surface area contributed by atoms with E-state index in [1.165, 1.54) is 12.1 Å². The first-order chi connectivity index (χ1) is 9.69. The van der Waals surface area contributed by atoms with Gasteiger partial charge in [-0.25, -0.2) is 4.79 Å². The molecule has 6 nitrogen and oxygen atoms in total. The third-order valence-corrected chi connectivity index (χ3v) is 2.67. The number of rotatable bonds is 5. The minimum atomic E-state index is -0.535. The topological polar surface area (TPSA) is 88.3 Å². The van der Waals surface area contributed by atoms with E-state index in [0.29, 0.717) is 30.6 Å². The van der Waals surface area contributed by atoms with Crippen LogP contribution in [0.2, 0.25) is 0 Å². The molecule has 0 aliphatic heterocycles. The number of alkyl carbamates (subject to hydrolysis) is 1. The molecule has 0 aromatic carbocycles. The molecular formula is C15H22N2O4. The van der Waals surface area contributed by atoms with Gasteiger partial charge in [-0.15, -0.1) is 0 Å². The highest BCUT2D eigenvalue weighted by Gasteiger charge is 2.15. The Morgan fingerprint density at radius 3 is 2.52 bits per heavy atom. The molecule has 0 saturated heterocycles. The average Bonchev–Trinajstić information content (AvgIpc) is 2.32. The van der Waals surface area contributed by atoms with Gasteiger partial charge in [-0.05, 0) is 40.2 Å². The van der Waals surface area contributed by atoms with Gasteiger partial charge in [0.2, 0.25) is 5.56 Å². The molecule has 21 heavy (non-hydrogen) atoms. The monoisotopic (exact) mass is 294 g/mol. The van der Waals surface area contributed by atoms with Gasteiger partial charge >= 0.3 is 6.09 Å². The molecule has 2 N–H and O–H groups in total. The highest BCUT2D eigenvalue weighted by atomic mass is 16.6. The lowest BCUT2D eigenvalue weighted by Crippen LogP contribution is -2.33. The lowest BCUT2D eigenvalue weighted by atomic mass is 10.1. The molecule has 0 radical (unpaired) electrons. The number of H-pyrrole nitrogens is 1. The van der Waals surface area contributed by atoms with Crippen LogP contribution in [0.5, 0.6) is 0 Å². The highest BCUT2D eigenvalue weighted by Crippen LogP contribution is 2.08. The molecule has 1 heterocycles. The fourth-order valence-electron chi connectivity index (χ4n) is 1.77. The number of aryl methyl sites for hydroxylation is 1. The van der Waals surface area contributed by atoms with Crippen molar-refractivity contribution in [1.82, 2.24) is 10.3 Å². The fourth-order valence-corrected chi connectivity index (χ4v) is 1.77. The maximum Gasteiger partial charge on any atom is 0.407 e. The Hall–Kier alpha value is -2.11. The van der Waals surface area contributed by atoms with Gasteiger partial charge < -0.3 is 15.0 Å². The number of Topliss-reactive ketones (excluding diaryl/α,β-unsaturated/α-hetero) is 1. The molecular weight excluding hydrogens is 272 g/mol. The van der Waals surface area contributed by atoms with Gasteiger partial charge in [0.15, 0.2) is 5.78 Å². The van der Waals surface area contributed by atoms with Crippen molar-refractivity contribution in [2.24, 2.45) is 0 Å². The van der Waals surface area contributed by atoms with Crippen molar-refractivity contribution in [3.63, 3.8) is 0 Å². The van der Waals surface area contributed by atoms with E-state index >= 15 is 0 Å². The average molecular weight is 294 g/mol. The molecule has 0 spiro atoms. The summed E-state index contributed by atoms with van der Waals surface area (Å²) in [6.45, 7) is 7.41. The molecule has 0 unspecified atom stereocenters. The van der Waals surface area contributed by atoms with Crippen LogP contribution in [-0.2, 0) is 4.74 Å². The van der Waals surface area contributed by atoms with Gasteiger partial charge in [0, 0.05) is 30.3 Å². The minimum absolute atomic E-state index is 0.0604. The first-order valence-electron chi connectivity index (χ1n) is 6.89. The van der Waals surface area contributed by atoms with Crippen molar-refractivity contribution in [3.8, 4) is 0 Å². The van der Waals surface area contributed by atoms with Crippen LogP contribution in [0.3, 0.4) is 0 Å². The summed E-state index contributed by atoms with van der Waals surface area (Å²) in [5.41, 5.74) is 0.308. The summed E-state index contributed by atoms with van der Waals surface area (Å²) in [5, 5.41) is 2.60. The van der Waals surface area contributed by atoms with Crippen LogP contribution in [0.4, 0.5) is 4.79 Å². The first-order valence-corrected chi connectivity index (χ1v) is 6.89. The molecule has 1 amide bonds. The summed E-state index contributed by atoms with van der Waals surface area (Å²) in [6, 6.07) is 2.86. The van der Waals surface area contributed by atoms with Gasteiger partial charge in [-0.3, -0.25) is 9.59 Å². The Balaban J connectivity index is 2.37. The van der Waals surface area contributed by atoms with Crippen LogP contribution in [0.25, 0.3) is 0 Å². The largest absolute Gasteiger partial charge is 0.444 e. The van der Waals surface area contributed by atoms with E-state index in [9.17, 15) is 14.4 Å². The minimum Gasteiger partial charge on any atom is -0.444 e. The zero-order valence-electron chi connectivity index (χ0n) is 12.9. The molecule has 0 bridgehead atoms. The fraction of sp³-hybridized carbons (Fsp3) is 0.533. The maximum absolute atomic E-state index is 12.0. The normalized spacial score (nSPS) is 11.0. The molecule has 1 aromatic rings. The predicted octanol–water partition coefficient (Wildman–Crippen LogP) is 2.17. The predicted molar refractivity (Wildman–Crippen MR) is 79.6 cm³/mol. The lowest BCUT2D eigenvalue weighted by molar-refractivity contribution is 0.0525. The van der Waals surface area contributed by atoms with Gasteiger partial charge in [0.05, 0.1) is 0 Å². The summed E-state index contributed by atoms with van der Waals surface area (Å²) in [5.74, 6) is -0.0604. The number of hydrogen-bond donors (Lipinski definition) is 2. The molecule has 0 aliphatic carbocycles. The van der Waals surface area contributed by atoms with Crippen LogP contribution in [0, 0.1) is 6.92 Å². The summed E-state index contributed by atoms with van der Waals surface area (Å²) >= 11 is 0. The van der Waals surface area contributed by atoms with Crippen molar-refractivity contribution >= 4 is 11.9 Å². The number of aromatic amines is 1. The van der Waals surface area contributed by atoms with E-state index in [1.807, 2.05) is 0 Å². The van der Waals surface area contributed by atoms with Crippen LogP contribution < -0.4 is 10.9 Å². The van der Waals surface area contributed by atoms with Crippen LogP contribution in [0.15, 0.2) is 16.9 Å². The molecule has 0 atom stereocenters. The van der Waals surface area contributed by atoms with Crippen molar-refractivity contribution in [2.75, 3.05) is 6.54 Å². The summed E-state index contributed by atoms with van der Waals surface area (Å²) in [4.78, 5) is 37.1. The third-order valence-electron chi connectivity index (χ3n) is 2.67. The number of pyridine rings is 1. The van der Waals surface area contributed by atoms with Gasteiger partial charge in [0.25, 0.3) is 0 Å². The lowest BCUT2D eigenvalue weighted by Gasteiger charge is -2.19. The first kappa shape index (κ1) is 16.9. The van der Waals surface area contributed by atoms with E-state index in [4.69, 9.17) is 4.74 Å². The second-order valence-corrected chi connectivity index (χ2v) is 5.82. The Bertz CT molecular complexity index is 570. The molecule has 0 saturated carbocycles. The number of nitrogens with one attached hydrogen (secondary N) is 2. The summed E-state index contributed by atoms with van der Waals surface area (Å²) in [7, 11) is 0. The van der Waals surface area contributed by atoms with E-state index in [0.717, 1.165) is 0 Å². The van der Waals surface area contributed by atoms with Crippen molar-refractivity contribution < 1.29 is 14.3 Å². The summed E-state index contributed by atoms with van der Waals surface area (Å²) in [6.07, 6.45) is 0.314. The second kappa shape index (κ2) is 7.06. The van der Waals surface area contributed by atoms with Gasteiger partial charge in [-0.2, -0.15) is 0 Å². The number of aromatic nitrogens is 1. The smallest absolute Gasteiger partial charge is 0.407 e. The van der Waals surface area contributed by atoms with Gasteiger partial charge in [0.1, 0.15) is 5.60 Å². The molecule has 6 heteroatoms. The number of amides is 1. The van der Waals surface area contributed by atoms with Crippen molar-refractivity contribution in [2.45, 2.75) is 46.1 Å². The quantitative estimate of drug-likeness (QED) is 0.643. The number of carbonyl (C=O) groups excluding carboxylic acids is 2. The Labute approximate surface area is 123 Å². The zero-order valence-corrected chi connectivity index (χ0v) is 12.9. The van der Waals surface area contributed by atoms with E-state index in [2.05, 4.69) is 10.3 Å². The maximum atomic E-state index is 12.0. The Morgan fingerprint density at radius 1 is 1.29 bits per heavy atom. The van der Waals surface area contributed by atoms with Gasteiger partial charge in [-0.1, -0.05) is 0 Å². The van der Waals surface area contributed by atoms with Crippen LogP contribution >= 0.6 is 0 Å². The third kappa shape index (κ3) is 6.25. The van der Waals surface area contributed by atoms with E-state index < -0.39 is 11.7 Å². The zero-order chi connectivity index (χ0) is 16.0. The van der Waals surface area contributed by atoms with Crippen molar-refractivity contribution in [1.29, 1.82) is 0 Å². The molecule has 0 fully saturated rings. The number of ether oxygens (including phenoxy) is 1. The molecule has 1 aromatic heterocycles. The Morgan fingerprint density at radius 2 is 1.95 bits per heavy atom. The van der Waals surface area contributed by atoms with E-state index in [-0.39, 0.29) is 11.3 Å². The standard InChI is InChI=1S/C15H22N2O4/c1-10-11(7-8-13(19)17-10)12(18)6-5-9-16-14(20)21-15(2,3)4/h7-8H,5-6,9H2,1-4H3,(H,16,20)(H,17,19). The number of hydrogen-bond acceptors (Lipinski definition) is 4. The molecule has 0 aliphatic rings. The van der Waals surface area contributed by atoms with Crippen LogP contribution in [0.1, 0.15) is 49.7 Å². The SMILES string of the molecule is Cc1[nH]c(=O)ccc1C(=O)CCCNC(=O)OC(C)(C)C. The van der Waals surface area contributed by atoms with Crippen molar-refractivity contribution in [3.05, 3.63) is 33.7 Å². The highest BCUT2D eigenvalue weighted by molar-refractivity contribution is 5.96. The second-order valence-electron chi connectivity index (χ2n) is 5.82. The molecule has 1 rings (SSSR count). The number of ketones is 1. The molecule has 116 valence electrons. The van der Waals surface area contributed by atoms with E-state index in [1.54, 1.807) is 27.7 Å². The number of carbonyl (C=O) groups is 2. The Kier molecular flexibility index (Phi) is 5.69. The van der Waals surface area contributed by atoms with Crippen LogP contribution in [-0.4, -0.2) is 29.0 Å².